The smallest absolute Gasteiger partial charge is 0.219 e. The number of rotatable bonds is 6. The van der Waals surface area contributed by atoms with Crippen LogP contribution in [0.5, 0.6) is 11.6 Å². The summed E-state index contributed by atoms with van der Waals surface area (Å²) in [6, 6.07) is 15.8. The van der Waals surface area contributed by atoms with Gasteiger partial charge in [0.25, 0.3) is 0 Å². The van der Waals surface area contributed by atoms with Crippen LogP contribution in [0.3, 0.4) is 0 Å². The largest absolute Gasteiger partial charge is 0.439 e. The van der Waals surface area contributed by atoms with E-state index in [1.165, 1.54) is 24.3 Å². The van der Waals surface area contributed by atoms with Crippen molar-refractivity contribution in [3.63, 3.8) is 0 Å². The first-order valence-electron chi connectivity index (χ1n) is 8.70. The zero-order chi connectivity index (χ0) is 19.8. The molecule has 0 aliphatic heterocycles. The van der Waals surface area contributed by atoms with Crippen molar-refractivity contribution < 1.29 is 13.5 Å². The number of guanidine groups is 1. The Kier molecular flexibility index (Phi) is 6.51. The quantitative estimate of drug-likeness (QED) is 0.499. The predicted octanol–water partition coefficient (Wildman–Crippen LogP) is 4.02. The van der Waals surface area contributed by atoms with E-state index in [1.54, 1.807) is 37.5 Å². The number of halogens is 2. The average Bonchev–Trinajstić information content (AvgIpc) is 2.71. The van der Waals surface area contributed by atoms with Gasteiger partial charge in [-0.3, -0.25) is 4.99 Å². The first-order valence-corrected chi connectivity index (χ1v) is 8.70. The van der Waals surface area contributed by atoms with Gasteiger partial charge in [0.2, 0.25) is 5.88 Å². The number of ether oxygens (including phenoxy) is 1. The molecule has 0 fully saturated rings. The van der Waals surface area contributed by atoms with Gasteiger partial charge in [0.1, 0.15) is 17.4 Å². The van der Waals surface area contributed by atoms with Crippen LogP contribution in [0.25, 0.3) is 0 Å². The molecule has 5 nitrogen and oxygen atoms in total. The molecule has 144 valence electrons. The third-order valence-corrected chi connectivity index (χ3v) is 3.87. The summed E-state index contributed by atoms with van der Waals surface area (Å²) in [4.78, 5) is 8.39. The number of benzene rings is 2. The molecular formula is C21H20F2N4O. The Morgan fingerprint density at radius 2 is 1.68 bits per heavy atom. The van der Waals surface area contributed by atoms with E-state index in [0.29, 0.717) is 30.7 Å². The van der Waals surface area contributed by atoms with Crippen molar-refractivity contribution in [1.29, 1.82) is 0 Å². The molecule has 7 heteroatoms. The summed E-state index contributed by atoms with van der Waals surface area (Å²) in [6.07, 6.45) is 1.69. The molecule has 0 saturated heterocycles. The third-order valence-electron chi connectivity index (χ3n) is 3.87. The highest BCUT2D eigenvalue weighted by atomic mass is 19.1. The maximum absolute atomic E-state index is 13.2. The summed E-state index contributed by atoms with van der Waals surface area (Å²) in [5, 5.41) is 6.30. The number of hydrogen-bond acceptors (Lipinski definition) is 3. The minimum atomic E-state index is -0.318. The summed E-state index contributed by atoms with van der Waals surface area (Å²) in [6.45, 7) is 0.965. The highest BCUT2D eigenvalue weighted by Gasteiger charge is 2.03. The third kappa shape index (κ3) is 5.77. The summed E-state index contributed by atoms with van der Waals surface area (Å²) < 4.78 is 31.7. The summed E-state index contributed by atoms with van der Waals surface area (Å²) in [7, 11) is 1.67. The van der Waals surface area contributed by atoms with Gasteiger partial charge in [-0.1, -0.05) is 18.2 Å². The van der Waals surface area contributed by atoms with Crippen LogP contribution in [0, 0.1) is 11.6 Å². The van der Waals surface area contributed by atoms with Crippen LogP contribution < -0.4 is 15.4 Å². The lowest BCUT2D eigenvalue weighted by atomic mass is 10.2. The van der Waals surface area contributed by atoms with Gasteiger partial charge >= 0.3 is 0 Å². The van der Waals surface area contributed by atoms with E-state index in [0.717, 1.165) is 11.1 Å². The van der Waals surface area contributed by atoms with Crippen LogP contribution >= 0.6 is 0 Å². The fourth-order valence-corrected chi connectivity index (χ4v) is 2.44. The predicted molar refractivity (Wildman–Crippen MR) is 104 cm³/mol. The van der Waals surface area contributed by atoms with Gasteiger partial charge in [-0.25, -0.2) is 13.8 Å². The second-order valence-corrected chi connectivity index (χ2v) is 5.97. The molecule has 3 aromatic rings. The highest BCUT2D eigenvalue weighted by molar-refractivity contribution is 5.79. The molecule has 0 bridgehead atoms. The van der Waals surface area contributed by atoms with Crippen LogP contribution in [-0.2, 0) is 13.1 Å². The van der Waals surface area contributed by atoms with Crippen LogP contribution in [0.15, 0.2) is 71.9 Å². The fraction of sp³-hybridized carbons (Fsp3) is 0.143. The van der Waals surface area contributed by atoms with Crippen molar-refractivity contribution in [2.45, 2.75) is 13.1 Å². The standard InChI is InChI=1S/C21H20F2N4O/c1-24-21(26-12-15-3-2-4-18(23)11-15)27-14-16-5-10-20(25-13-16)28-19-8-6-17(22)7-9-19/h2-11,13H,12,14H2,1H3,(H2,24,26,27). The van der Waals surface area contributed by atoms with Crippen molar-refractivity contribution in [3.8, 4) is 11.6 Å². The molecule has 0 saturated carbocycles. The molecule has 0 amide bonds. The second-order valence-electron chi connectivity index (χ2n) is 5.97. The minimum absolute atomic E-state index is 0.267. The monoisotopic (exact) mass is 382 g/mol. The van der Waals surface area contributed by atoms with Gasteiger partial charge in [-0.15, -0.1) is 0 Å². The van der Waals surface area contributed by atoms with E-state index >= 15 is 0 Å². The molecule has 2 aromatic carbocycles. The molecule has 1 heterocycles. The molecule has 3 rings (SSSR count). The lowest BCUT2D eigenvalue weighted by molar-refractivity contribution is 0.461. The summed E-state index contributed by atoms with van der Waals surface area (Å²) in [5.41, 5.74) is 1.76. The second kappa shape index (κ2) is 9.45. The van der Waals surface area contributed by atoms with E-state index in [2.05, 4.69) is 20.6 Å². The molecule has 0 spiro atoms. The normalized spacial score (nSPS) is 11.2. The van der Waals surface area contributed by atoms with Crippen LogP contribution in [0.4, 0.5) is 8.78 Å². The molecule has 0 atom stereocenters. The van der Waals surface area contributed by atoms with Crippen molar-refractivity contribution in [1.82, 2.24) is 15.6 Å². The SMILES string of the molecule is CN=C(NCc1ccc(Oc2ccc(F)cc2)nc1)NCc1cccc(F)c1. The molecule has 0 aliphatic rings. The molecule has 0 radical (unpaired) electrons. The molecule has 1 aromatic heterocycles. The van der Waals surface area contributed by atoms with E-state index < -0.39 is 0 Å². The maximum Gasteiger partial charge on any atom is 0.219 e. The topological polar surface area (TPSA) is 58.5 Å². The van der Waals surface area contributed by atoms with Crippen molar-refractivity contribution in [3.05, 3.63) is 89.6 Å². The molecule has 0 aliphatic carbocycles. The molecular weight excluding hydrogens is 362 g/mol. The van der Waals surface area contributed by atoms with Crippen LogP contribution in [-0.4, -0.2) is 18.0 Å². The van der Waals surface area contributed by atoms with Crippen molar-refractivity contribution >= 4 is 5.96 Å². The Balaban J connectivity index is 1.49. The number of hydrogen-bond donors (Lipinski definition) is 2. The number of aromatic nitrogens is 1. The highest BCUT2D eigenvalue weighted by Crippen LogP contribution is 2.19. The first-order chi connectivity index (χ1) is 13.6. The number of nitrogens with zero attached hydrogens (tertiary/aromatic N) is 2. The Hall–Kier alpha value is -3.48. The fourth-order valence-electron chi connectivity index (χ4n) is 2.44. The number of pyridine rings is 1. The van der Waals surface area contributed by atoms with E-state index in [-0.39, 0.29) is 11.6 Å². The van der Waals surface area contributed by atoms with Gasteiger partial charge in [0.05, 0.1) is 0 Å². The first kappa shape index (κ1) is 19.3. The number of aliphatic imine (C=N–C) groups is 1. The van der Waals surface area contributed by atoms with Gasteiger partial charge in [-0.2, -0.15) is 0 Å². The summed E-state index contributed by atoms with van der Waals surface area (Å²) >= 11 is 0. The van der Waals surface area contributed by atoms with Crippen LogP contribution in [0.1, 0.15) is 11.1 Å². The Labute approximate surface area is 162 Å². The van der Waals surface area contributed by atoms with E-state index in [9.17, 15) is 8.78 Å². The Morgan fingerprint density at radius 3 is 2.32 bits per heavy atom. The zero-order valence-corrected chi connectivity index (χ0v) is 15.3. The summed E-state index contributed by atoms with van der Waals surface area (Å²) in [5.74, 6) is 0.944. The lowest BCUT2D eigenvalue weighted by Gasteiger charge is -2.12. The Bertz CT molecular complexity index is 928. The maximum atomic E-state index is 13.2. The Morgan fingerprint density at radius 1 is 0.929 bits per heavy atom. The van der Waals surface area contributed by atoms with Crippen LogP contribution in [0.2, 0.25) is 0 Å². The number of nitrogens with one attached hydrogen (secondary N) is 2. The van der Waals surface area contributed by atoms with Crippen molar-refractivity contribution in [2.75, 3.05) is 7.05 Å². The lowest BCUT2D eigenvalue weighted by Crippen LogP contribution is -2.36. The molecule has 0 unspecified atom stereocenters. The molecule has 28 heavy (non-hydrogen) atoms. The van der Waals surface area contributed by atoms with Gasteiger partial charge in [0, 0.05) is 32.4 Å². The van der Waals surface area contributed by atoms with Gasteiger partial charge in [-0.05, 0) is 47.5 Å². The van der Waals surface area contributed by atoms with Gasteiger partial charge in [0.15, 0.2) is 5.96 Å². The zero-order valence-electron chi connectivity index (χ0n) is 15.3. The van der Waals surface area contributed by atoms with E-state index in [1.807, 2.05) is 12.1 Å². The molecule has 2 N–H and O–H groups in total. The van der Waals surface area contributed by atoms with Gasteiger partial charge < -0.3 is 15.4 Å². The average molecular weight is 382 g/mol. The minimum Gasteiger partial charge on any atom is -0.439 e. The van der Waals surface area contributed by atoms with E-state index in [4.69, 9.17) is 4.74 Å². The van der Waals surface area contributed by atoms with Crippen molar-refractivity contribution in [2.24, 2.45) is 4.99 Å².